The molecular weight excluding hydrogens is 448 g/mol. The van der Waals surface area contributed by atoms with E-state index in [2.05, 4.69) is 15.5 Å². The maximum absolute atomic E-state index is 12.6. The summed E-state index contributed by atoms with van der Waals surface area (Å²) < 4.78 is 11.3. The molecule has 1 aromatic carbocycles. The number of rotatable bonds is 7. The third-order valence-electron chi connectivity index (χ3n) is 4.06. The van der Waals surface area contributed by atoms with Gasteiger partial charge in [-0.2, -0.15) is 0 Å². The Morgan fingerprint density at radius 2 is 2.13 bits per heavy atom. The maximum Gasteiger partial charge on any atom is 0.293 e. The molecule has 1 saturated heterocycles. The second-order valence-electron chi connectivity index (χ2n) is 6.17. The van der Waals surface area contributed by atoms with Crippen molar-refractivity contribution in [2.75, 3.05) is 25.6 Å². The van der Waals surface area contributed by atoms with Crippen molar-refractivity contribution in [2.24, 2.45) is 0 Å². The van der Waals surface area contributed by atoms with Gasteiger partial charge >= 0.3 is 0 Å². The molecule has 0 spiro atoms. The number of fused-ring (bicyclic) bond motifs is 1. The topological polar surface area (TPSA) is 111 Å². The van der Waals surface area contributed by atoms with E-state index in [1.807, 2.05) is 6.92 Å². The van der Waals surface area contributed by atoms with Crippen molar-refractivity contribution in [3.63, 3.8) is 0 Å². The van der Waals surface area contributed by atoms with Crippen LogP contribution in [0.5, 0.6) is 11.5 Å². The number of hydrogen-bond acceptors (Lipinski definition) is 10. The number of aromatic nitrogens is 2. The van der Waals surface area contributed by atoms with Gasteiger partial charge in [0.1, 0.15) is 5.01 Å². The molecule has 0 aliphatic carbocycles. The van der Waals surface area contributed by atoms with E-state index in [1.165, 1.54) is 23.1 Å². The molecule has 156 valence electrons. The lowest BCUT2D eigenvalue weighted by Crippen LogP contribution is -2.37. The number of carbonyl (C=O) groups is 3. The molecule has 9 nitrogen and oxygen atoms in total. The summed E-state index contributed by atoms with van der Waals surface area (Å²) in [6.07, 6.45) is 1.64. The zero-order chi connectivity index (χ0) is 21.1. The van der Waals surface area contributed by atoms with Crippen LogP contribution in [0.3, 0.4) is 0 Å². The Morgan fingerprint density at radius 3 is 2.93 bits per heavy atom. The number of amides is 3. The van der Waals surface area contributed by atoms with Gasteiger partial charge in [0.05, 0.1) is 10.7 Å². The summed E-state index contributed by atoms with van der Waals surface area (Å²) in [6.45, 7) is 2.31. The quantitative estimate of drug-likeness (QED) is 0.488. The van der Waals surface area contributed by atoms with E-state index in [0.717, 1.165) is 31.6 Å². The summed E-state index contributed by atoms with van der Waals surface area (Å²) >= 11 is 3.59. The summed E-state index contributed by atoms with van der Waals surface area (Å²) in [5, 5.41) is 11.0. The van der Waals surface area contributed by atoms with E-state index in [-0.39, 0.29) is 42.7 Å². The highest BCUT2D eigenvalue weighted by Crippen LogP contribution is 2.36. The van der Waals surface area contributed by atoms with Crippen LogP contribution in [0.15, 0.2) is 27.4 Å². The number of imide groups is 1. The molecule has 30 heavy (non-hydrogen) atoms. The van der Waals surface area contributed by atoms with E-state index in [0.29, 0.717) is 16.4 Å². The molecule has 1 fully saturated rings. The molecule has 0 radical (unpaired) electrons. The lowest BCUT2D eigenvalue weighted by atomic mass is 10.2. The van der Waals surface area contributed by atoms with E-state index in [1.54, 1.807) is 24.3 Å². The number of thioether (sulfide) groups is 2. The van der Waals surface area contributed by atoms with Crippen LogP contribution < -0.4 is 14.8 Å². The third-order valence-corrected chi connectivity index (χ3v) is 6.94. The first-order chi connectivity index (χ1) is 14.5. The van der Waals surface area contributed by atoms with Crippen LogP contribution in [-0.2, 0) is 9.59 Å². The lowest BCUT2D eigenvalue weighted by Gasteiger charge is -2.12. The Balaban J connectivity index is 1.28. The van der Waals surface area contributed by atoms with Gasteiger partial charge in [0.15, 0.2) is 15.8 Å². The highest BCUT2D eigenvalue weighted by atomic mass is 32.2. The number of hydrogen-bond donors (Lipinski definition) is 1. The largest absolute Gasteiger partial charge is 0.454 e. The number of nitrogens with one attached hydrogen (secondary N) is 1. The van der Waals surface area contributed by atoms with Crippen molar-refractivity contribution in [1.29, 1.82) is 0 Å². The van der Waals surface area contributed by atoms with Crippen molar-refractivity contribution in [3.05, 3.63) is 33.7 Å². The average Bonchev–Trinajstić information content (AvgIpc) is 3.42. The molecule has 2 aromatic rings. The highest BCUT2D eigenvalue weighted by molar-refractivity contribution is 8.18. The van der Waals surface area contributed by atoms with Gasteiger partial charge in [-0.15, -0.1) is 10.2 Å². The number of nitrogens with zero attached hydrogens (tertiary/aromatic N) is 3. The Bertz CT molecular complexity index is 1040. The predicted octanol–water partition coefficient (Wildman–Crippen LogP) is 2.52. The van der Waals surface area contributed by atoms with Crippen molar-refractivity contribution in [2.45, 2.75) is 11.3 Å². The molecule has 0 unspecified atom stereocenters. The molecule has 12 heteroatoms. The minimum absolute atomic E-state index is 0.109. The second-order valence-corrected chi connectivity index (χ2v) is 9.57. The molecule has 3 amide bonds. The monoisotopic (exact) mass is 464 g/mol. The Labute approximate surface area is 184 Å². The van der Waals surface area contributed by atoms with Crippen LogP contribution in [0, 0.1) is 6.92 Å². The average molecular weight is 465 g/mol. The second kappa shape index (κ2) is 9.06. The van der Waals surface area contributed by atoms with E-state index in [4.69, 9.17) is 9.47 Å². The van der Waals surface area contributed by atoms with Crippen molar-refractivity contribution >= 4 is 58.0 Å². The molecule has 4 rings (SSSR count). The SMILES string of the molecule is Cc1nnc(SCC(=O)NCCN2C(=O)S/C(=C/c3ccc4c(c3)OCO4)C2=O)s1. The van der Waals surface area contributed by atoms with E-state index >= 15 is 0 Å². The summed E-state index contributed by atoms with van der Waals surface area (Å²) in [5.74, 6) is 0.870. The van der Waals surface area contributed by atoms with Crippen molar-refractivity contribution in [1.82, 2.24) is 20.4 Å². The summed E-state index contributed by atoms with van der Waals surface area (Å²) in [6, 6.07) is 5.31. The molecule has 0 atom stereocenters. The first-order valence-corrected chi connectivity index (χ1v) is 11.5. The first-order valence-electron chi connectivity index (χ1n) is 8.84. The number of aryl methyl sites for hydroxylation is 1. The van der Waals surface area contributed by atoms with Gasteiger partial charge in [-0.05, 0) is 42.5 Å². The van der Waals surface area contributed by atoms with Gasteiger partial charge < -0.3 is 14.8 Å². The highest BCUT2D eigenvalue weighted by Gasteiger charge is 2.34. The molecule has 0 saturated carbocycles. The molecule has 2 aliphatic heterocycles. The van der Waals surface area contributed by atoms with Crippen LogP contribution in [-0.4, -0.2) is 57.8 Å². The van der Waals surface area contributed by atoms with Gasteiger partial charge in [-0.1, -0.05) is 29.2 Å². The molecule has 2 aliphatic rings. The van der Waals surface area contributed by atoms with Crippen molar-refractivity contribution < 1.29 is 23.9 Å². The standard InChI is InChI=1S/C18H16N4O5S3/c1-10-20-21-17(29-10)28-8-15(23)19-4-5-22-16(24)14(30-18(22)25)7-11-2-3-12-13(6-11)27-9-26-12/h2-3,6-7H,4-5,8-9H2,1H3,(H,19,23)/b14-7+. The minimum Gasteiger partial charge on any atom is -0.454 e. The van der Waals surface area contributed by atoms with Gasteiger partial charge in [0.2, 0.25) is 12.7 Å². The zero-order valence-electron chi connectivity index (χ0n) is 15.7. The number of ether oxygens (including phenoxy) is 2. The van der Waals surface area contributed by atoms with Gasteiger partial charge in [-0.25, -0.2) is 0 Å². The zero-order valence-corrected chi connectivity index (χ0v) is 18.2. The van der Waals surface area contributed by atoms with Crippen LogP contribution in [0.1, 0.15) is 10.6 Å². The molecule has 3 heterocycles. The van der Waals surface area contributed by atoms with Gasteiger partial charge in [0, 0.05) is 13.1 Å². The third kappa shape index (κ3) is 4.77. The Morgan fingerprint density at radius 1 is 1.30 bits per heavy atom. The van der Waals surface area contributed by atoms with Crippen molar-refractivity contribution in [3.8, 4) is 11.5 Å². The van der Waals surface area contributed by atoms with E-state index in [9.17, 15) is 14.4 Å². The predicted molar refractivity (Wildman–Crippen MR) is 114 cm³/mol. The Kier molecular flexibility index (Phi) is 6.25. The van der Waals surface area contributed by atoms with Crippen LogP contribution in [0.4, 0.5) is 4.79 Å². The van der Waals surface area contributed by atoms with Gasteiger partial charge in [0.25, 0.3) is 11.1 Å². The maximum atomic E-state index is 12.6. The normalized spacial score (nSPS) is 16.6. The van der Waals surface area contributed by atoms with E-state index < -0.39 is 0 Å². The molecule has 1 aromatic heterocycles. The molecule has 0 bridgehead atoms. The van der Waals surface area contributed by atoms with Gasteiger partial charge in [-0.3, -0.25) is 19.3 Å². The summed E-state index contributed by atoms with van der Waals surface area (Å²) in [7, 11) is 0. The smallest absolute Gasteiger partial charge is 0.293 e. The summed E-state index contributed by atoms with van der Waals surface area (Å²) in [5.41, 5.74) is 0.738. The fourth-order valence-corrected chi connectivity index (χ4v) is 5.18. The number of benzene rings is 1. The number of carbonyl (C=O) groups excluding carboxylic acids is 3. The van der Waals surface area contributed by atoms with Crippen LogP contribution in [0.2, 0.25) is 0 Å². The Hall–Kier alpha value is -2.57. The molecular formula is C18H16N4O5S3. The fourth-order valence-electron chi connectivity index (χ4n) is 2.67. The lowest BCUT2D eigenvalue weighted by molar-refractivity contribution is -0.123. The van der Waals surface area contributed by atoms with Crippen LogP contribution >= 0.6 is 34.9 Å². The first kappa shape index (κ1) is 20.7. The summed E-state index contributed by atoms with van der Waals surface area (Å²) in [4.78, 5) is 38.2. The molecule has 1 N–H and O–H groups in total. The van der Waals surface area contributed by atoms with Crippen LogP contribution in [0.25, 0.3) is 6.08 Å². The minimum atomic E-state index is -0.379. The fraction of sp³-hybridized carbons (Fsp3) is 0.278.